The molecule has 1 atom stereocenters. The topological polar surface area (TPSA) is 78.7 Å². The van der Waals surface area contributed by atoms with Gasteiger partial charge in [0, 0.05) is 38.7 Å². The van der Waals surface area contributed by atoms with E-state index in [1.807, 2.05) is 19.0 Å². The van der Waals surface area contributed by atoms with Crippen molar-refractivity contribution in [2.45, 2.75) is 31.8 Å². The molecule has 114 valence electrons. The predicted molar refractivity (Wildman–Crippen MR) is 75.4 cm³/mol. The highest BCUT2D eigenvalue weighted by Crippen LogP contribution is 2.25. The van der Waals surface area contributed by atoms with Crippen molar-refractivity contribution in [3.63, 3.8) is 0 Å². The van der Waals surface area contributed by atoms with Gasteiger partial charge in [-0.3, -0.25) is 0 Å². The predicted octanol–water partition coefficient (Wildman–Crippen LogP) is -0.0105. The average Bonchev–Trinajstić information content (AvgIpc) is 2.70. The lowest BCUT2D eigenvalue weighted by atomic mass is 9.92. The summed E-state index contributed by atoms with van der Waals surface area (Å²) < 4.78 is 33.0. The molecule has 0 saturated heterocycles. The Balaban J connectivity index is 2.12. The summed E-state index contributed by atoms with van der Waals surface area (Å²) >= 11 is 0. The summed E-state index contributed by atoms with van der Waals surface area (Å²) in [5.74, 6) is 0.891. The Kier molecular flexibility index (Phi) is 4.48. The molecule has 0 saturated carbocycles. The van der Waals surface area contributed by atoms with Gasteiger partial charge in [-0.05, 0) is 26.9 Å². The number of nitrogens with zero attached hydrogens (tertiary/aromatic N) is 3. The molecule has 1 unspecified atom stereocenters. The zero-order chi connectivity index (χ0) is 14.9. The molecular formula is C12H22N4O3S. The highest BCUT2D eigenvalue weighted by atomic mass is 32.2. The molecule has 1 aromatic heterocycles. The van der Waals surface area contributed by atoms with Crippen molar-refractivity contribution in [2.24, 2.45) is 0 Å². The van der Waals surface area contributed by atoms with Crippen LogP contribution in [-0.2, 0) is 29.6 Å². The fourth-order valence-corrected chi connectivity index (χ4v) is 3.14. The molecule has 0 aromatic carbocycles. The van der Waals surface area contributed by atoms with Crippen LogP contribution in [-0.4, -0.2) is 57.0 Å². The summed E-state index contributed by atoms with van der Waals surface area (Å²) in [7, 11) is 3.58. The molecule has 20 heavy (non-hydrogen) atoms. The lowest BCUT2D eigenvalue weighted by Gasteiger charge is -2.24. The van der Waals surface area contributed by atoms with Crippen LogP contribution in [0, 0.1) is 0 Å². The minimum atomic E-state index is -3.40. The van der Waals surface area contributed by atoms with Crippen LogP contribution >= 0.6 is 0 Å². The van der Waals surface area contributed by atoms with E-state index in [2.05, 4.69) is 9.88 Å². The van der Waals surface area contributed by atoms with Gasteiger partial charge in [-0.2, -0.15) is 17.4 Å². The number of fused-ring (bicyclic) bond motifs is 1. The van der Waals surface area contributed by atoms with Gasteiger partial charge in [0.25, 0.3) is 10.2 Å². The van der Waals surface area contributed by atoms with Crippen molar-refractivity contribution in [3.8, 4) is 0 Å². The van der Waals surface area contributed by atoms with Gasteiger partial charge in [0.2, 0.25) is 0 Å². The third-order valence-electron chi connectivity index (χ3n) is 3.38. The Bertz CT molecular complexity index is 565. The summed E-state index contributed by atoms with van der Waals surface area (Å²) in [5, 5.41) is 4.10. The number of aromatic nitrogens is 1. The molecule has 0 aliphatic heterocycles. The molecule has 0 radical (unpaired) electrons. The van der Waals surface area contributed by atoms with Gasteiger partial charge in [0.15, 0.2) is 0 Å². The van der Waals surface area contributed by atoms with Crippen LogP contribution in [0.25, 0.3) is 0 Å². The quantitative estimate of drug-likeness (QED) is 0.827. The SMILES string of the molecule is CN(C)Cc1noc2c1CC(NS(=O)(=O)N(C)C)CC2. The van der Waals surface area contributed by atoms with E-state index in [9.17, 15) is 8.42 Å². The number of aryl methyl sites for hydroxylation is 1. The van der Waals surface area contributed by atoms with Crippen molar-refractivity contribution in [1.82, 2.24) is 19.1 Å². The zero-order valence-corrected chi connectivity index (χ0v) is 13.2. The monoisotopic (exact) mass is 302 g/mol. The van der Waals surface area contributed by atoms with Crippen molar-refractivity contribution >= 4 is 10.2 Å². The Hall–Kier alpha value is -0.960. The number of rotatable bonds is 5. The Morgan fingerprint density at radius 1 is 1.35 bits per heavy atom. The van der Waals surface area contributed by atoms with E-state index >= 15 is 0 Å². The van der Waals surface area contributed by atoms with Crippen LogP contribution in [0.4, 0.5) is 0 Å². The van der Waals surface area contributed by atoms with Gasteiger partial charge in [-0.15, -0.1) is 0 Å². The molecule has 1 aliphatic rings. The summed E-state index contributed by atoms with van der Waals surface area (Å²) in [6.07, 6.45) is 2.09. The molecule has 1 N–H and O–H groups in total. The molecule has 8 heteroatoms. The average molecular weight is 302 g/mol. The van der Waals surface area contributed by atoms with E-state index < -0.39 is 10.2 Å². The summed E-state index contributed by atoms with van der Waals surface area (Å²) in [6, 6.07) is -0.102. The van der Waals surface area contributed by atoms with Gasteiger partial charge in [0.05, 0.1) is 0 Å². The largest absolute Gasteiger partial charge is 0.361 e. The van der Waals surface area contributed by atoms with Gasteiger partial charge < -0.3 is 9.42 Å². The third kappa shape index (κ3) is 3.38. The fraction of sp³-hybridized carbons (Fsp3) is 0.750. The fourth-order valence-electron chi connectivity index (χ4n) is 2.30. The van der Waals surface area contributed by atoms with Crippen LogP contribution in [0.5, 0.6) is 0 Å². The molecule has 0 spiro atoms. The second-order valence-electron chi connectivity index (χ2n) is 5.61. The highest BCUT2D eigenvalue weighted by Gasteiger charge is 2.29. The van der Waals surface area contributed by atoms with Crippen molar-refractivity contribution in [2.75, 3.05) is 28.2 Å². The number of hydrogen-bond donors (Lipinski definition) is 1. The lowest BCUT2D eigenvalue weighted by molar-refractivity contribution is 0.343. The number of nitrogens with one attached hydrogen (secondary N) is 1. The standard InChI is InChI=1S/C12H22N4O3S/c1-15(2)8-11-10-7-9(5-6-12(10)19-13-11)14-20(17,18)16(3)4/h9,14H,5-8H2,1-4H3. The Morgan fingerprint density at radius 2 is 2.05 bits per heavy atom. The number of hydrogen-bond acceptors (Lipinski definition) is 5. The molecule has 2 rings (SSSR count). The first-order valence-electron chi connectivity index (χ1n) is 6.60. The molecule has 1 heterocycles. The first-order valence-corrected chi connectivity index (χ1v) is 8.04. The summed E-state index contributed by atoms with van der Waals surface area (Å²) in [5.41, 5.74) is 1.95. The maximum absolute atomic E-state index is 11.9. The van der Waals surface area contributed by atoms with Crippen molar-refractivity contribution < 1.29 is 12.9 Å². The second-order valence-corrected chi connectivity index (χ2v) is 7.53. The first kappa shape index (κ1) is 15.4. The van der Waals surface area contributed by atoms with Crippen LogP contribution in [0.1, 0.15) is 23.4 Å². The molecule has 0 amide bonds. The van der Waals surface area contributed by atoms with Gasteiger partial charge in [-0.25, -0.2) is 0 Å². The lowest BCUT2D eigenvalue weighted by Crippen LogP contribution is -2.44. The molecule has 1 aliphatic carbocycles. The Morgan fingerprint density at radius 3 is 2.65 bits per heavy atom. The molecule has 0 bridgehead atoms. The van der Waals surface area contributed by atoms with E-state index in [4.69, 9.17) is 4.52 Å². The first-order chi connectivity index (χ1) is 9.29. The maximum Gasteiger partial charge on any atom is 0.279 e. The van der Waals surface area contributed by atoms with Crippen molar-refractivity contribution in [1.29, 1.82) is 0 Å². The second kappa shape index (κ2) is 5.80. The highest BCUT2D eigenvalue weighted by molar-refractivity contribution is 7.87. The molecule has 0 fully saturated rings. The summed E-state index contributed by atoms with van der Waals surface area (Å²) in [6.45, 7) is 0.700. The van der Waals surface area contributed by atoms with E-state index in [0.717, 1.165) is 29.9 Å². The minimum Gasteiger partial charge on any atom is -0.361 e. The molecular weight excluding hydrogens is 280 g/mol. The smallest absolute Gasteiger partial charge is 0.279 e. The van der Waals surface area contributed by atoms with Crippen LogP contribution in [0.3, 0.4) is 0 Å². The van der Waals surface area contributed by atoms with Crippen LogP contribution in [0.2, 0.25) is 0 Å². The Labute approximate surface area is 120 Å². The van der Waals surface area contributed by atoms with Crippen molar-refractivity contribution in [3.05, 3.63) is 17.0 Å². The maximum atomic E-state index is 11.9. The molecule has 7 nitrogen and oxygen atoms in total. The normalized spacial score (nSPS) is 19.6. The van der Waals surface area contributed by atoms with E-state index in [1.165, 1.54) is 18.4 Å². The van der Waals surface area contributed by atoms with E-state index in [1.54, 1.807) is 0 Å². The van der Waals surface area contributed by atoms with Gasteiger partial charge in [-0.1, -0.05) is 5.16 Å². The zero-order valence-electron chi connectivity index (χ0n) is 12.4. The van der Waals surface area contributed by atoms with E-state index in [0.29, 0.717) is 13.0 Å². The van der Waals surface area contributed by atoms with Crippen LogP contribution in [0.15, 0.2) is 4.52 Å². The third-order valence-corrected chi connectivity index (χ3v) is 4.98. The molecule has 1 aromatic rings. The van der Waals surface area contributed by atoms with Crippen LogP contribution < -0.4 is 4.72 Å². The van der Waals surface area contributed by atoms with Gasteiger partial charge >= 0.3 is 0 Å². The summed E-state index contributed by atoms with van der Waals surface area (Å²) in [4.78, 5) is 2.02. The minimum absolute atomic E-state index is 0.102. The van der Waals surface area contributed by atoms with Gasteiger partial charge in [0.1, 0.15) is 11.5 Å². The van der Waals surface area contributed by atoms with E-state index in [-0.39, 0.29) is 6.04 Å².